The zero-order valence-electron chi connectivity index (χ0n) is 14.2. The second kappa shape index (κ2) is 8.44. The summed E-state index contributed by atoms with van der Waals surface area (Å²) in [4.78, 5) is 18.8. The zero-order chi connectivity index (χ0) is 16.7. The van der Waals surface area contributed by atoms with Crippen LogP contribution in [0.15, 0.2) is 42.6 Å². The molecule has 1 N–H and O–H groups in total. The van der Waals surface area contributed by atoms with E-state index in [0.717, 1.165) is 36.5 Å². The standard InChI is InChI=1S/C19H25N3O/c1-4-22(5-2)12-11-21-19(23)18-8-6-7-16(14-18)17-9-10-20-15(3)13-17/h6-10,13-14H,4-5,11-12H2,1-3H3,(H,21,23). The number of benzene rings is 1. The Morgan fingerprint density at radius 1 is 1.13 bits per heavy atom. The molecule has 0 radical (unpaired) electrons. The molecule has 1 aromatic carbocycles. The van der Waals surface area contributed by atoms with E-state index in [-0.39, 0.29) is 5.91 Å². The number of amides is 1. The zero-order valence-corrected chi connectivity index (χ0v) is 14.2. The molecule has 0 bridgehead atoms. The molecule has 4 nitrogen and oxygen atoms in total. The van der Waals surface area contributed by atoms with Gasteiger partial charge in [0.25, 0.3) is 5.91 Å². The van der Waals surface area contributed by atoms with Crippen molar-refractivity contribution in [1.29, 1.82) is 0 Å². The highest BCUT2D eigenvalue weighted by molar-refractivity contribution is 5.95. The lowest BCUT2D eigenvalue weighted by Crippen LogP contribution is -2.34. The average Bonchev–Trinajstić information content (AvgIpc) is 2.58. The van der Waals surface area contributed by atoms with Crippen LogP contribution in [0.5, 0.6) is 0 Å². The number of carbonyl (C=O) groups is 1. The third-order valence-corrected chi connectivity index (χ3v) is 3.96. The van der Waals surface area contributed by atoms with Crippen LogP contribution in [0.2, 0.25) is 0 Å². The molecule has 0 aliphatic carbocycles. The SMILES string of the molecule is CCN(CC)CCNC(=O)c1cccc(-c2ccnc(C)c2)c1. The number of nitrogens with one attached hydrogen (secondary N) is 1. The summed E-state index contributed by atoms with van der Waals surface area (Å²) in [5.41, 5.74) is 3.77. The van der Waals surface area contributed by atoms with Gasteiger partial charge in [0.15, 0.2) is 0 Å². The van der Waals surface area contributed by atoms with Gasteiger partial charge in [-0.15, -0.1) is 0 Å². The molecule has 0 saturated carbocycles. The maximum absolute atomic E-state index is 12.3. The van der Waals surface area contributed by atoms with Crippen LogP contribution in [0.1, 0.15) is 29.9 Å². The third-order valence-electron chi connectivity index (χ3n) is 3.96. The summed E-state index contributed by atoms with van der Waals surface area (Å²) in [5.74, 6) is -0.0233. The van der Waals surface area contributed by atoms with Gasteiger partial charge in [0, 0.05) is 30.5 Å². The maximum Gasteiger partial charge on any atom is 0.251 e. The topological polar surface area (TPSA) is 45.2 Å². The molecule has 1 aromatic heterocycles. The first-order chi connectivity index (χ1) is 11.1. The Labute approximate surface area is 138 Å². The normalized spacial score (nSPS) is 10.8. The van der Waals surface area contributed by atoms with Gasteiger partial charge < -0.3 is 10.2 Å². The Bertz CT molecular complexity index is 651. The van der Waals surface area contributed by atoms with Crippen LogP contribution < -0.4 is 5.32 Å². The fourth-order valence-electron chi connectivity index (χ4n) is 2.53. The number of aryl methyl sites for hydroxylation is 1. The first-order valence-corrected chi connectivity index (χ1v) is 8.17. The van der Waals surface area contributed by atoms with E-state index in [0.29, 0.717) is 12.1 Å². The molecular weight excluding hydrogens is 286 g/mol. The van der Waals surface area contributed by atoms with E-state index in [1.54, 1.807) is 6.20 Å². The number of hydrogen-bond acceptors (Lipinski definition) is 3. The summed E-state index contributed by atoms with van der Waals surface area (Å²) in [5, 5.41) is 3.00. The number of carbonyl (C=O) groups excluding carboxylic acids is 1. The smallest absolute Gasteiger partial charge is 0.251 e. The van der Waals surface area contributed by atoms with Gasteiger partial charge >= 0.3 is 0 Å². The first kappa shape index (κ1) is 17.2. The first-order valence-electron chi connectivity index (χ1n) is 8.17. The van der Waals surface area contributed by atoms with Crippen LogP contribution in [-0.2, 0) is 0 Å². The summed E-state index contributed by atoms with van der Waals surface area (Å²) < 4.78 is 0. The van der Waals surface area contributed by atoms with Gasteiger partial charge in [-0.25, -0.2) is 0 Å². The van der Waals surface area contributed by atoms with Gasteiger partial charge in [-0.3, -0.25) is 9.78 Å². The van der Waals surface area contributed by atoms with E-state index in [9.17, 15) is 4.79 Å². The summed E-state index contributed by atoms with van der Waals surface area (Å²) in [7, 11) is 0. The van der Waals surface area contributed by atoms with Crippen LogP contribution in [-0.4, -0.2) is 42.0 Å². The van der Waals surface area contributed by atoms with Crippen LogP contribution in [0.25, 0.3) is 11.1 Å². The third kappa shape index (κ3) is 4.89. The van der Waals surface area contributed by atoms with Crippen molar-refractivity contribution in [2.45, 2.75) is 20.8 Å². The highest BCUT2D eigenvalue weighted by Gasteiger charge is 2.08. The molecule has 122 valence electrons. The summed E-state index contributed by atoms with van der Waals surface area (Å²) >= 11 is 0. The summed E-state index contributed by atoms with van der Waals surface area (Å²) in [6, 6.07) is 11.7. The lowest BCUT2D eigenvalue weighted by molar-refractivity contribution is 0.0949. The molecule has 23 heavy (non-hydrogen) atoms. The molecule has 0 spiro atoms. The molecule has 2 aromatic rings. The van der Waals surface area contributed by atoms with Gasteiger partial charge in [-0.05, 0) is 55.4 Å². The van der Waals surface area contributed by atoms with Crippen molar-refractivity contribution < 1.29 is 4.79 Å². The number of hydrogen-bond donors (Lipinski definition) is 1. The van der Waals surface area contributed by atoms with E-state index in [2.05, 4.69) is 29.0 Å². The molecule has 2 rings (SSSR count). The van der Waals surface area contributed by atoms with Gasteiger partial charge in [0.05, 0.1) is 0 Å². The second-order valence-electron chi connectivity index (χ2n) is 5.55. The highest BCUT2D eigenvalue weighted by atomic mass is 16.1. The van der Waals surface area contributed by atoms with E-state index in [4.69, 9.17) is 0 Å². The van der Waals surface area contributed by atoms with Crippen molar-refractivity contribution >= 4 is 5.91 Å². The summed E-state index contributed by atoms with van der Waals surface area (Å²) in [6.07, 6.45) is 1.79. The largest absolute Gasteiger partial charge is 0.351 e. The van der Waals surface area contributed by atoms with E-state index in [1.807, 2.05) is 43.3 Å². The monoisotopic (exact) mass is 311 g/mol. The van der Waals surface area contributed by atoms with Crippen LogP contribution >= 0.6 is 0 Å². The van der Waals surface area contributed by atoms with Crippen molar-refractivity contribution in [2.75, 3.05) is 26.2 Å². The molecule has 0 atom stereocenters. The number of pyridine rings is 1. The summed E-state index contributed by atoms with van der Waals surface area (Å²) in [6.45, 7) is 9.78. The van der Waals surface area contributed by atoms with Crippen molar-refractivity contribution in [3.8, 4) is 11.1 Å². The van der Waals surface area contributed by atoms with E-state index >= 15 is 0 Å². The Hall–Kier alpha value is -2.20. The van der Waals surface area contributed by atoms with Crippen LogP contribution in [0.3, 0.4) is 0 Å². The van der Waals surface area contributed by atoms with E-state index < -0.39 is 0 Å². The van der Waals surface area contributed by atoms with Crippen molar-refractivity contribution in [3.63, 3.8) is 0 Å². The molecule has 0 unspecified atom stereocenters. The van der Waals surface area contributed by atoms with Crippen LogP contribution in [0, 0.1) is 6.92 Å². The number of nitrogens with zero attached hydrogens (tertiary/aromatic N) is 2. The van der Waals surface area contributed by atoms with Gasteiger partial charge in [0.1, 0.15) is 0 Å². The maximum atomic E-state index is 12.3. The molecule has 0 aliphatic heterocycles. The fraction of sp³-hybridized carbons (Fsp3) is 0.368. The van der Waals surface area contributed by atoms with Crippen LogP contribution in [0.4, 0.5) is 0 Å². The van der Waals surface area contributed by atoms with E-state index in [1.165, 1.54) is 0 Å². The molecule has 0 fully saturated rings. The fourth-order valence-corrected chi connectivity index (χ4v) is 2.53. The van der Waals surface area contributed by atoms with Gasteiger partial charge in [0.2, 0.25) is 0 Å². The Morgan fingerprint density at radius 2 is 1.87 bits per heavy atom. The molecule has 0 aliphatic rings. The minimum absolute atomic E-state index is 0.0233. The Morgan fingerprint density at radius 3 is 2.57 bits per heavy atom. The molecule has 0 saturated heterocycles. The quantitative estimate of drug-likeness (QED) is 0.854. The second-order valence-corrected chi connectivity index (χ2v) is 5.55. The lowest BCUT2D eigenvalue weighted by atomic mass is 10.0. The predicted octanol–water partition coefficient (Wildman–Crippen LogP) is 3.13. The minimum atomic E-state index is -0.0233. The molecule has 1 heterocycles. The number of aromatic nitrogens is 1. The molecule has 1 amide bonds. The van der Waals surface area contributed by atoms with Crippen molar-refractivity contribution in [3.05, 3.63) is 53.9 Å². The molecule has 4 heteroatoms. The van der Waals surface area contributed by atoms with Crippen molar-refractivity contribution in [2.24, 2.45) is 0 Å². The Kier molecular flexibility index (Phi) is 6.29. The highest BCUT2D eigenvalue weighted by Crippen LogP contribution is 2.20. The lowest BCUT2D eigenvalue weighted by Gasteiger charge is -2.18. The molecular formula is C19H25N3O. The average molecular weight is 311 g/mol. The minimum Gasteiger partial charge on any atom is -0.351 e. The Balaban J connectivity index is 2.03. The van der Waals surface area contributed by atoms with Crippen molar-refractivity contribution in [1.82, 2.24) is 15.2 Å². The van der Waals surface area contributed by atoms with Gasteiger partial charge in [-0.1, -0.05) is 26.0 Å². The predicted molar refractivity (Wildman–Crippen MR) is 94.5 cm³/mol. The number of likely N-dealkylation sites (N-methyl/N-ethyl adjacent to an activating group) is 1. The number of rotatable bonds is 7. The van der Waals surface area contributed by atoms with Gasteiger partial charge in [-0.2, -0.15) is 0 Å².